The molecule has 0 atom stereocenters. The number of hydrogen-bond acceptors (Lipinski definition) is 4. The van der Waals surface area contributed by atoms with E-state index in [1.54, 1.807) is 42.6 Å². The first-order chi connectivity index (χ1) is 15.0. The number of hydrogen-bond donors (Lipinski definition) is 1. The van der Waals surface area contributed by atoms with E-state index in [0.29, 0.717) is 21.8 Å². The highest BCUT2D eigenvalue weighted by molar-refractivity contribution is 7.99. The lowest BCUT2D eigenvalue weighted by Gasteiger charge is -2.15. The van der Waals surface area contributed by atoms with Crippen LogP contribution in [0.2, 0.25) is 0 Å². The van der Waals surface area contributed by atoms with Gasteiger partial charge in [-0.05, 0) is 74.7 Å². The van der Waals surface area contributed by atoms with Gasteiger partial charge >= 0.3 is 0 Å². The number of likely N-dealkylation sites (tertiary alicyclic amines) is 1. The summed E-state index contributed by atoms with van der Waals surface area (Å²) in [4.78, 5) is 32.8. The van der Waals surface area contributed by atoms with Crippen LogP contribution in [-0.4, -0.2) is 34.8 Å². The lowest BCUT2D eigenvalue weighted by atomic mass is 10.1. The van der Waals surface area contributed by atoms with Crippen molar-refractivity contribution in [2.75, 3.05) is 18.4 Å². The summed E-state index contributed by atoms with van der Waals surface area (Å²) >= 11 is 1.49. The molecule has 1 aliphatic rings. The largest absolute Gasteiger partial charge is 0.339 e. The fourth-order valence-electron chi connectivity index (χ4n) is 3.66. The minimum atomic E-state index is -0.223. The highest BCUT2D eigenvalue weighted by atomic mass is 32.2. The Hall–Kier alpha value is -3.12. The van der Waals surface area contributed by atoms with E-state index in [-0.39, 0.29) is 11.8 Å². The third-order valence-electron chi connectivity index (χ3n) is 5.34. The van der Waals surface area contributed by atoms with Gasteiger partial charge in [0.05, 0.1) is 5.56 Å². The molecule has 31 heavy (non-hydrogen) atoms. The molecule has 158 valence electrons. The standard InChI is InChI=1S/C25H25N3O2S/c1-17-7-12-22(18(2)16-17)31-24-21(6-5-13-26-24)23(29)27-20-10-8-19(9-11-20)25(30)28-14-3-4-15-28/h5-13,16H,3-4,14-15H2,1-2H3,(H,27,29). The van der Waals surface area contributed by atoms with Crippen molar-refractivity contribution in [3.8, 4) is 0 Å². The number of nitrogens with zero attached hydrogens (tertiary/aromatic N) is 2. The summed E-state index contributed by atoms with van der Waals surface area (Å²) in [5.41, 5.74) is 4.17. The fourth-order valence-corrected chi connectivity index (χ4v) is 4.61. The smallest absolute Gasteiger partial charge is 0.258 e. The number of anilines is 1. The highest BCUT2D eigenvalue weighted by Crippen LogP contribution is 2.32. The molecule has 6 heteroatoms. The van der Waals surface area contributed by atoms with E-state index >= 15 is 0 Å². The van der Waals surface area contributed by atoms with Gasteiger partial charge < -0.3 is 10.2 Å². The number of aromatic nitrogens is 1. The van der Waals surface area contributed by atoms with Crippen molar-refractivity contribution in [2.24, 2.45) is 0 Å². The van der Waals surface area contributed by atoms with Crippen LogP contribution in [0.25, 0.3) is 0 Å². The Morgan fingerprint density at radius 1 is 1.00 bits per heavy atom. The Balaban J connectivity index is 1.48. The second-order valence-corrected chi connectivity index (χ2v) is 8.79. The Bertz CT molecular complexity index is 1110. The molecule has 0 unspecified atom stereocenters. The molecule has 0 saturated carbocycles. The van der Waals surface area contributed by atoms with Crippen molar-refractivity contribution in [1.29, 1.82) is 0 Å². The van der Waals surface area contributed by atoms with Gasteiger partial charge in [0.25, 0.3) is 11.8 Å². The van der Waals surface area contributed by atoms with Gasteiger partial charge in [-0.25, -0.2) is 4.98 Å². The second-order valence-electron chi connectivity index (χ2n) is 7.76. The summed E-state index contributed by atoms with van der Waals surface area (Å²) < 4.78 is 0. The molecule has 1 aliphatic heterocycles. The van der Waals surface area contributed by atoms with Crippen LogP contribution in [0, 0.1) is 13.8 Å². The maximum absolute atomic E-state index is 13.0. The maximum atomic E-state index is 13.0. The quantitative estimate of drug-likeness (QED) is 0.592. The minimum absolute atomic E-state index is 0.0507. The molecule has 0 bridgehead atoms. The van der Waals surface area contributed by atoms with Crippen LogP contribution >= 0.6 is 11.8 Å². The van der Waals surface area contributed by atoms with Gasteiger partial charge in [0.15, 0.2) is 0 Å². The van der Waals surface area contributed by atoms with Crippen LogP contribution in [0.5, 0.6) is 0 Å². The molecule has 0 spiro atoms. The van der Waals surface area contributed by atoms with Crippen LogP contribution in [-0.2, 0) is 0 Å². The lowest BCUT2D eigenvalue weighted by Crippen LogP contribution is -2.27. The third-order valence-corrected chi connectivity index (χ3v) is 6.53. The molecule has 2 amide bonds. The number of pyridine rings is 1. The van der Waals surface area contributed by atoms with E-state index in [4.69, 9.17) is 0 Å². The van der Waals surface area contributed by atoms with Crippen LogP contribution < -0.4 is 5.32 Å². The number of benzene rings is 2. The van der Waals surface area contributed by atoms with E-state index in [2.05, 4.69) is 42.3 Å². The molecule has 0 aliphatic carbocycles. The normalized spacial score (nSPS) is 13.3. The summed E-state index contributed by atoms with van der Waals surface area (Å²) in [5.74, 6) is -0.172. The summed E-state index contributed by atoms with van der Waals surface area (Å²) in [6.07, 6.45) is 3.82. The number of aryl methyl sites for hydroxylation is 2. The summed E-state index contributed by atoms with van der Waals surface area (Å²) in [5, 5.41) is 3.59. The average molecular weight is 432 g/mol. The zero-order valence-corrected chi connectivity index (χ0v) is 18.5. The highest BCUT2D eigenvalue weighted by Gasteiger charge is 2.19. The number of amides is 2. The molecule has 0 radical (unpaired) electrons. The molecule has 3 aromatic rings. The fraction of sp³-hybridized carbons (Fsp3) is 0.240. The van der Waals surface area contributed by atoms with Crippen molar-refractivity contribution >= 4 is 29.3 Å². The number of rotatable bonds is 5. The average Bonchev–Trinajstić information content (AvgIpc) is 3.31. The van der Waals surface area contributed by atoms with Crippen LogP contribution in [0.15, 0.2) is 70.7 Å². The first-order valence-electron chi connectivity index (χ1n) is 10.4. The van der Waals surface area contributed by atoms with Crippen molar-refractivity contribution in [1.82, 2.24) is 9.88 Å². The van der Waals surface area contributed by atoms with Gasteiger partial charge in [-0.3, -0.25) is 9.59 Å². The van der Waals surface area contributed by atoms with E-state index in [0.717, 1.165) is 36.4 Å². The monoisotopic (exact) mass is 431 g/mol. The van der Waals surface area contributed by atoms with E-state index in [1.807, 2.05) is 4.90 Å². The molecule has 4 rings (SSSR count). The molecule has 1 saturated heterocycles. The van der Waals surface area contributed by atoms with Crippen LogP contribution in [0.3, 0.4) is 0 Å². The maximum Gasteiger partial charge on any atom is 0.258 e. The first kappa shape index (κ1) is 21.1. The predicted octanol–water partition coefficient (Wildman–Crippen LogP) is 5.34. The molecule has 1 N–H and O–H groups in total. The van der Waals surface area contributed by atoms with Gasteiger partial charge in [0, 0.05) is 35.4 Å². The first-order valence-corrected chi connectivity index (χ1v) is 11.2. The predicted molar refractivity (Wildman–Crippen MR) is 124 cm³/mol. The molecular weight excluding hydrogens is 406 g/mol. The lowest BCUT2D eigenvalue weighted by molar-refractivity contribution is 0.0792. The summed E-state index contributed by atoms with van der Waals surface area (Å²) in [6, 6.07) is 16.9. The van der Waals surface area contributed by atoms with Gasteiger partial charge in [0.2, 0.25) is 0 Å². The zero-order chi connectivity index (χ0) is 21.8. The molecule has 1 aromatic heterocycles. The summed E-state index contributed by atoms with van der Waals surface area (Å²) in [7, 11) is 0. The van der Waals surface area contributed by atoms with Gasteiger partial charge in [-0.2, -0.15) is 0 Å². The molecule has 1 fully saturated rings. The van der Waals surface area contributed by atoms with Crippen LogP contribution in [0.1, 0.15) is 44.7 Å². The van der Waals surface area contributed by atoms with E-state index in [1.165, 1.54) is 17.3 Å². The minimum Gasteiger partial charge on any atom is -0.339 e. The van der Waals surface area contributed by atoms with Gasteiger partial charge in [-0.15, -0.1) is 0 Å². The Morgan fingerprint density at radius 3 is 2.45 bits per heavy atom. The Labute approximate surface area is 186 Å². The van der Waals surface area contributed by atoms with Crippen molar-refractivity contribution in [3.63, 3.8) is 0 Å². The SMILES string of the molecule is Cc1ccc(Sc2ncccc2C(=O)Nc2ccc(C(=O)N3CCCC3)cc2)c(C)c1. The van der Waals surface area contributed by atoms with Gasteiger partial charge in [-0.1, -0.05) is 29.5 Å². The second kappa shape index (κ2) is 9.35. The number of carbonyl (C=O) groups is 2. The van der Waals surface area contributed by atoms with E-state index in [9.17, 15) is 9.59 Å². The Kier molecular flexibility index (Phi) is 6.37. The molecule has 2 aromatic carbocycles. The Morgan fingerprint density at radius 2 is 1.74 bits per heavy atom. The topological polar surface area (TPSA) is 62.3 Å². The number of nitrogens with one attached hydrogen (secondary N) is 1. The molecular formula is C25H25N3O2S. The number of carbonyl (C=O) groups excluding carboxylic acids is 2. The van der Waals surface area contributed by atoms with Crippen LogP contribution in [0.4, 0.5) is 5.69 Å². The zero-order valence-electron chi connectivity index (χ0n) is 17.7. The van der Waals surface area contributed by atoms with E-state index < -0.39 is 0 Å². The van der Waals surface area contributed by atoms with Gasteiger partial charge in [0.1, 0.15) is 5.03 Å². The molecule has 5 nitrogen and oxygen atoms in total. The van der Waals surface area contributed by atoms with Crippen molar-refractivity contribution < 1.29 is 9.59 Å². The molecule has 2 heterocycles. The summed E-state index contributed by atoms with van der Waals surface area (Å²) in [6.45, 7) is 5.76. The van der Waals surface area contributed by atoms with Crippen molar-refractivity contribution in [3.05, 3.63) is 83.0 Å². The van der Waals surface area contributed by atoms with Crippen molar-refractivity contribution in [2.45, 2.75) is 36.6 Å². The third kappa shape index (κ3) is 4.97.